The Hall–Kier alpha value is -1.02. The van der Waals surface area contributed by atoms with E-state index in [2.05, 4.69) is 13.0 Å². The summed E-state index contributed by atoms with van der Waals surface area (Å²) in [6.45, 7) is 4.26. The normalized spacial score (nSPS) is 10.2. The summed E-state index contributed by atoms with van der Waals surface area (Å²) in [7, 11) is 1.67. The van der Waals surface area contributed by atoms with Crippen molar-refractivity contribution in [3.05, 3.63) is 28.8 Å². The fraction of sp³-hybridized carbons (Fsp3) is 0.455. The summed E-state index contributed by atoms with van der Waals surface area (Å²) in [4.78, 5) is 0. The Morgan fingerprint density at radius 3 is 2.54 bits per heavy atom. The van der Waals surface area contributed by atoms with Gasteiger partial charge in [-0.2, -0.15) is 0 Å². The number of aliphatic hydroxyl groups is 1. The molecule has 0 aliphatic rings. The molecule has 1 rings (SSSR count). The number of methoxy groups -OCH3 is 1. The number of benzene rings is 1. The molecular weight excluding hydrogens is 164 g/mol. The van der Waals surface area contributed by atoms with Crippen molar-refractivity contribution in [3.8, 4) is 5.75 Å². The van der Waals surface area contributed by atoms with Crippen molar-refractivity contribution in [3.63, 3.8) is 0 Å². The van der Waals surface area contributed by atoms with Crippen LogP contribution >= 0.6 is 0 Å². The van der Waals surface area contributed by atoms with Crippen molar-refractivity contribution < 1.29 is 9.84 Å². The number of rotatable bonds is 3. The number of aryl methyl sites for hydroxylation is 1. The fourth-order valence-electron chi connectivity index (χ4n) is 1.45. The maximum atomic E-state index is 8.84. The first kappa shape index (κ1) is 10.1. The molecule has 0 amide bonds. The summed E-state index contributed by atoms with van der Waals surface area (Å²) in [5.74, 6) is 0.911. The van der Waals surface area contributed by atoms with Gasteiger partial charge in [-0.05, 0) is 37.0 Å². The first-order chi connectivity index (χ1) is 6.20. The van der Waals surface area contributed by atoms with Gasteiger partial charge in [-0.1, -0.05) is 12.1 Å². The average molecular weight is 180 g/mol. The molecule has 0 spiro atoms. The van der Waals surface area contributed by atoms with Gasteiger partial charge >= 0.3 is 0 Å². The van der Waals surface area contributed by atoms with Crippen molar-refractivity contribution in [1.29, 1.82) is 0 Å². The number of aliphatic hydroxyl groups excluding tert-OH is 1. The standard InChI is InChI=1S/C11H16O2/c1-8-4-5-10(6-7-12)11(13-3)9(8)2/h4-5,12H,6-7H2,1-3H3. The van der Waals surface area contributed by atoms with E-state index in [-0.39, 0.29) is 6.61 Å². The van der Waals surface area contributed by atoms with Gasteiger partial charge in [0.15, 0.2) is 0 Å². The Kier molecular flexibility index (Phi) is 3.32. The second-order valence-corrected chi connectivity index (χ2v) is 3.17. The van der Waals surface area contributed by atoms with Crippen LogP contribution in [0.3, 0.4) is 0 Å². The molecule has 0 saturated carbocycles. The third kappa shape index (κ3) is 2.01. The molecule has 0 bridgehead atoms. The molecule has 2 nitrogen and oxygen atoms in total. The molecule has 0 atom stereocenters. The van der Waals surface area contributed by atoms with Gasteiger partial charge in [-0.3, -0.25) is 0 Å². The van der Waals surface area contributed by atoms with E-state index < -0.39 is 0 Å². The van der Waals surface area contributed by atoms with Crippen LogP contribution < -0.4 is 4.74 Å². The lowest BCUT2D eigenvalue weighted by molar-refractivity contribution is 0.296. The molecule has 2 heteroatoms. The van der Waals surface area contributed by atoms with Crippen LogP contribution in [-0.2, 0) is 6.42 Å². The minimum absolute atomic E-state index is 0.166. The van der Waals surface area contributed by atoms with Crippen LogP contribution in [0.5, 0.6) is 5.75 Å². The number of hydrogen-bond acceptors (Lipinski definition) is 2. The molecule has 1 aromatic carbocycles. The Morgan fingerprint density at radius 1 is 1.31 bits per heavy atom. The average Bonchev–Trinajstić information content (AvgIpc) is 2.12. The number of ether oxygens (including phenoxy) is 1. The lowest BCUT2D eigenvalue weighted by Crippen LogP contribution is -1.99. The van der Waals surface area contributed by atoms with E-state index in [1.165, 1.54) is 5.56 Å². The molecule has 0 heterocycles. The van der Waals surface area contributed by atoms with Gasteiger partial charge in [-0.25, -0.2) is 0 Å². The maximum absolute atomic E-state index is 8.84. The van der Waals surface area contributed by atoms with Gasteiger partial charge < -0.3 is 9.84 Å². The highest BCUT2D eigenvalue weighted by Gasteiger charge is 2.07. The highest BCUT2D eigenvalue weighted by atomic mass is 16.5. The van der Waals surface area contributed by atoms with Crippen LogP contribution in [-0.4, -0.2) is 18.8 Å². The van der Waals surface area contributed by atoms with Gasteiger partial charge in [0.25, 0.3) is 0 Å². The zero-order chi connectivity index (χ0) is 9.84. The van der Waals surface area contributed by atoms with Crippen LogP contribution in [0, 0.1) is 13.8 Å². The van der Waals surface area contributed by atoms with E-state index in [4.69, 9.17) is 9.84 Å². The largest absolute Gasteiger partial charge is 0.496 e. The number of hydrogen-bond donors (Lipinski definition) is 1. The second-order valence-electron chi connectivity index (χ2n) is 3.17. The highest BCUT2D eigenvalue weighted by Crippen LogP contribution is 2.26. The Morgan fingerprint density at radius 2 is 2.00 bits per heavy atom. The minimum atomic E-state index is 0.166. The monoisotopic (exact) mass is 180 g/mol. The van der Waals surface area contributed by atoms with E-state index in [0.717, 1.165) is 16.9 Å². The predicted octanol–water partition coefficient (Wildman–Crippen LogP) is 1.85. The van der Waals surface area contributed by atoms with Gasteiger partial charge in [0.05, 0.1) is 7.11 Å². The molecule has 1 aromatic rings. The lowest BCUT2D eigenvalue weighted by Gasteiger charge is -2.12. The topological polar surface area (TPSA) is 29.5 Å². The zero-order valence-corrected chi connectivity index (χ0v) is 8.42. The molecule has 0 unspecified atom stereocenters. The molecule has 1 N–H and O–H groups in total. The van der Waals surface area contributed by atoms with Gasteiger partial charge in [0, 0.05) is 6.61 Å². The van der Waals surface area contributed by atoms with Crippen LogP contribution in [0.15, 0.2) is 12.1 Å². The van der Waals surface area contributed by atoms with Gasteiger partial charge in [0.2, 0.25) is 0 Å². The van der Waals surface area contributed by atoms with Crippen LogP contribution in [0.25, 0.3) is 0 Å². The smallest absolute Gasteiger partial charge is 0.125 e. The molecule has 0 aromatic heterocycles. The SMILES string of the molecule is COc1c(CCO)ccc(C)c1C. The summed E-state index contributed by atoms with van der Waals surface area (Å²) in [5.41, 5.74) is 3.46. The first-order valence-electron chi connectivity index (χ1n) is 4.44. The van der Waals surface area contributed by atoms with Gasteiger partial charge in [-0.15, -0.1) is 0 Å². The van der Waals surface area contributed by atoms with Crippen molar-refractivity contribution in [1.82, 2.24) is 0 Å². The summed E-state index contributed by atoms with van der Waals surface area (Å²) in [5, 5.41) is 8.84. The molecule has 0 saturated heterocycles. The van der Waals surface area contributed by atoms with E-state index in [1.807, 2.05) is 13.0 Å². The lowest BCUT2D eigenvalue weighted by atomic mass is 10.0. The van der Waals surface area contributed by atoms with Crippen LogP contribution in [0.1, 0.15) is 16.7 Å². The van der Waals surface area contributed by atoms with Crippen molar-refractivity contribution >= 4 is 0 Å². The van der Waals surface area contributed by atoms with E-state index in [9.17, 15) is 0 Å². The highest BCUT2D eigenvalue weighted by molar-refractivity contribution is 5.45. The predicted molar refractivity (Wildman–Crippen MR) is 53.3 cm³/mol. The first-order valence-corrected chi connectivity index (χ1v) is 4.44. The summed E-state index contributed by atoms with van der Waals surface area (Å²) in [6, 6.07) is 4.07. The Labute approximate surface area is 79.2 Å². The molecular formula is C11H16O2. The quantitative estimate of drug-likeness (QED) is 0.769. The maximum Gasteiger partial charge on any atom is 0.125 e. The third-order valence-electron chi connectivity index (χ3n) is 2.34. The van der Waals surface area contributed by atoms with Crippen molar-refractivity contribution in [2.75, 3.05) is 13.7 Å². The molecule has 0 radical (unpaired) electrons. The Bertz CT molecular complexity index is 292. The molecule has 13 heavy (non-hydrogen) atoms. The van der Waals surface area contributed by atoms with E-state index >= 15 is 0 Å². The summed E-state index contributed by atoms with van der Waals surface area (Å²) in [6.07, 6.45) is 0.657. The van der Waals surface area contributed by atoms with Crippen LogP contribution in [0.2, 0.25) is 0 Å². The minimum Gasteiger partial charge on any atom is -0.496 e. The Balaban J connectivity index is 3.13. The van der Waals surface area contributed by atoms with Crippen molar-refractivity contribution in [2.45, 2.75) is 20.3 Å². The van der Waals surface area contributed by atoms with Gasteiger partial charge in [0.1, 0.15) is 5.75 Å². The molecule has 72 valence electrons. The van der Waals surface area contributed by atoms with E-state index in [1.54, 1.807) is 7.11 Å². The molecule has 0 aliphatic carbocycles. The molecule has 0 aliphatic heterocycles. The van der Waals surface area contributed by atoms with Crippen molar-refractivity contribution in [2.24, 2.45) is 0 Å². The van der Waals surface area contributed by atoms with Crippen LogP contribution in [0.4, 0.5) is 0 Å². The summed E-state index contributed by atoms with van der Waals surface area (Å²) < 4.78 is 5.30. The molecule has 0 fully saturated rings. The summed E-state index contributed by atoms with van der Waals surface area (Å²) >= 11 is 0. The third-order valence-corrected chi connectivity index (χ3v) is 2.34. The second kappa shape index (κ2) is 4.28. The van der Waals surface area contributed by atoms with E-state index in [0.29, 0.717) is 6.42 Å². The zero-order valence-electron chi connectivity index (χ0n) is 8.42. The fourth-order valence-corrected chi connectivity index (χ4v) is 1.45.